The van der Waals surface area contributed by atoms with Crippen LogP contribution in [0, 0.1) is 0 Å². The number of rotatable bonds is 4. The summed E-state index contributed by atoms with van der Waals surface area (Å²) < 4.78 is 5.24. The van der Waals surface area contributed by atoms with E-state index in [4.69, 9.17) is 10.5 Å². The highest BCUT2D eigenvalue weighted by Crippen LogP contribution is 2.25. The van der Waals surface area contributed by atoms with E-state index in [0.29, 0.717) is 18.8 Å². The molecular formula is C7H15NO. The maximum Gasteiger partial charge on any atom is 0.0963 e. The quantitative estimate of drug-likeness (QED) is 0.573. The molecule has 0 spiro atoms. The molecule has 0 saturated carbocycles. The molecule has 0 aromatic rings. The van der Waals surface area contributed by atoms with Crippen LogP contribution in [-0.4, -0.2) is 18.8 Å². The molecule has 2 atom stereocenters. The molecule has 1 aliphatic heterocycles. The van der Waals surface area contributed by atoms with E-state index in [1.54, 1.807) is 0 Å². The first kappa shape index (κ1) is 7.03. The summed E-state index contributed by atoms with van der Waals surface area (Å²) in [5.74, 6) is 0. The standard InChI is InChI=1S/C7H15NO/c1-2-3-4-6-7(5-8)9-6/h6-7H,2-5,8H2,1H3/t6-,7+/m0/s1. The molecule has 0 aromatic heterocycles. The van der Waals surface area contributed by atoms with E-state index in [1.807, 2.05) is 0 Å². The minimum Gasteiger partial charge on any atom is -0.368 e. The molecule has 0 unspecified atom stereocenters. The van der Waals surface area contributed by atoms with Gasteiger partial charge >= 0.3 is 0 Å². The molecule has 1 aliphatic rings. The van der Waals surface area contributed by atoms with Crippen LogP contribution in [-0.2, 0) is 4.74 Å². The summed E-state index contributed by atoms with van der Waals surface area (Å²) in [6.45, 7) is 2.90. The second kappa shape index (κ2) is 3.18. The topological polar surface area (TPSA) is 38.5 Å². The normalized spacial score (nSPS) is 32.7. The van der Waals surface area contributed by atoms with Crippen LogP contribution >= 0.6 is 0 Å². The predicted molar refractivity (Wildman–Crippen MR) is 37.2 cm³/mol. The molecule has 2 heteroatoms. The number of hydrogen-bond acceptors (Lipinski definition) is 2. The Hall–Kier alpha value is -0.0800. The Morgan fingerprint density at radius 1 is 1.44 bits per heavy atom. The zero-order valence-corrected chi connectivity index (χ0v) is 5.97. The molecule has 0 aliphatic carbocycles. The van der Waals surface area contributed by atoms with Crippen molar-refractivity contribution in [3.63, 3.8) is 0 Å². The smallest absolute Gasteiger partial charge is 0.0963 e. The van der Waals surface area contributed by atoms with Crippen LogP contribution < -0.4 is 5.73 Å². The second-order valence-corrected chi connectivity index (χ2v) is 2.59. The molecule has 0 bridgehead atoms. The van der Waals surface area contributed by atoms with Crippen molar-refractivity contribution in [3.05, 3.63) is 0 Å². The van der Waals surface area contributed by atoms with Gasteiger partial charge in [-0.3, -0.25) is 0 Å². The molecule has 9 heavy (non-hydrogen) atoms. The Morgan fingerprint density at radius 2 is 2.22 bits per heavy atom. The molecular weight excluding hydrogens is 114 g/mol. The first-order valence-electron chi connectivity index (χ1n) is 3.74. The number of nitrogens with two attached hydrogens (primary N) is 1. The van der Waals surface area contributed by atoms with E-state index in [2.05, 4.69) is 6.92 Å². The van der Waals surface area contributed by atoms with Crippen LogP contribution in [0.25, 0.3) is 0 Å². The van der Waals surface area contributed by atoms with Gasteiger partial charge in [-0.1, -0.05) is 19.8 Å². The molecule has 1 fully saturated rings. The molecule has 2 N–H and O–H groups in total. The van der Waals surface area contributed by atoms with E-state index < -0.39 is 0 Å². The van der Waals surface area contributed by atoms with Crippen molar-refractivity contribution in [2.45, 2.75) is 38.4 Å². The summed E-state index contributed by atoms with van der Waals surface area (Å²) in [5.41, 5.74) is 5.37. The fourth-order valence-electron chi connectivity index (χ4n) is 1.05. The molecule has 0 amide bonds. The highest BCUT2D eigenvalue weighted by Gasteiger charge is 2.35. The third kappa shape index (κ3) is 1.95. The van der Waals surface area contributed by atoms with Gasteiger partial charge in [0.1, 0.15) is 0 Å². The maximum atomic E-state index is 5.37. The highest BCUT2D eigenvalue weighted by molar-refractivity contribution is 4.84. The zero-order valence-electron chi connectivity index (χ0n) is 5.97. The van der Waals surface area contributed by atoms with Crippen LogP contribution in [0.15, 0.2) is 0 Å². The van der Waals surface area contributed by atoms with Crippen molar-refractivity contribution in [3.8, 4) is 0 Å². The highest BCUT2D eigenvalue weighted by atomic mass is 16.6. The van der Waals surface area contributed by atoms with Crippen LogP contribution in [0.1, 0.15) is 26.2 Å². The fourth-order valence-corrected chi connectivity index (χ4v) is 1.05. The molecule has 1 rings (SSSR count). The summed E-state index contributed by atoms with van der Waals surface area (Å²) in [5, 5.41) is 0. The lowest BCUT2D eigenvalue weighted by atomic mass is 10.2. The number of hydrogen-bond donors (Lipinski definition) is 1. The molecule has 0 radical (unpaired) electrons. The zero-order chi connectivity index (χ0) is 6.69. The van der Waals surface area contributed by atoms with E-state index in [0.717, 1.165) is 0 Å². The molecule has 0 aromatic carbocycles. The lowest BCUT2D eigenvalue weighted by molar-refractivity contribution is 0.361. The largest absolute Gasteiger partial charge is 0.368 e. The third-order valence-corrected chi connectivity index (χ3v) is 1.76. The first-order valence-corrected chi connectivity index (χ1v) is 3.74. The minimum atomic E-state index is 0.400. The van der Waals surface area contributed by atoms with E-state index in [9.17, 15) is 0 Å². The number of epoxide rings is 1. The molecule has 2 nitrogen and oxygen atoms in total. The van der Waals surface area contributed by atoms with Gasteiger partial charge in [0.2, 0.25) is 0 Å². The molecule has 1 heterocycles. The fraction of sp³-hybridized carbons (Fsp3) is 1.00. The van der Waals surface area contributed by atoms with Gasteiger partial charge in [-0.25, -0.2) is 0 Å². The van der Waals surface area contributed by atoms with Crippen molar-refractivity contribution in [1.82, 2.24) is 0 Å². The van der Waals surface area contributed by atoms with Gasteiger partial charge in [0.15, 0.2) is 0 Å². The predicted octanol–water partition coefficient (Wildman–Crippen LogP) is 0.903. The average molecular weight is 129 g/mol. The Labute approximate surface area is 56.4 Å². The maximum absolute atomic E-state index is 5.37. The lowest BCUT2D eigenvalue weighted by Gasteiger charge is -1.89. The molecule has 54 valence electrons. The van der Waals surface area contributed by atoms with Crippen molar-refractivity contribution < 1.29 is 4.74 Å². The van der Waals surface area contributed by atoms with Crippen molar-refractivity contribution in [1.29, 1.82) is 0 Å². The summed E-state index contributed by atoms with van der Waals surface area (Å²) in [6, 6.07) is 0. The third-order valence-electron chi connectivity index (χ3n) is 1.76. The van der Waals surface area contributed by atoms with Gasteiger partial charge in [0.25, 0.3) is 0 Å². The van der Waals surface area contributed by atoms with Crippen LogP contribution in [0.5, 0.6) is 0 Å². The van der Waals surface area contributed by atoms with Gasteiger partial charge in [-0.15, -0.1) is 0 Å². The Bertz CT molecular complexity index is 85.0. The average Bonchev–Trinajstić information content (AvgIpc) is 2.62. The first-order chi connectivity index (χ1) is 4.38. The SMILES string of the molecule is CCCC[C@@H]1O[C@@H]1CN. The summed E-state index contributed by atoms with van der Waals surface area (Å²) in [7, 11) is 0. The summed E-state index contributed by atoms with van der Waals surface area (Å²) >= 11 is 0. The summed E-state index contributed by atoms with van der Waals surface area (Å²) in [4.78, 5) is 0. The van der Waals surface area contributed by atoms with Gasteiger partial charge < -0.3 is 10.5 Å². The number of ether oxygens (including phenoxy) is 1. The van der Waals surface area contributed by atoms with Gasteiger partial charge in [-0.05, 0) is 6.42 Å². The molecule has 1 saturated heterocycles. The number of unbranched alkanes of at least 4 members (excludes halogenated alkanes) is 1. The van der Waals surface area contributed by atoms with Crippen LogP contribution in [0.2, 0.25) is 0 Å². The van der Waals surface area contributed by atoms with Gasteiger partial charge in [-0.2, -0.15) is 0 Å². The van der Waals surface area contributed by atoms with Crippen LogP contribution in [0.4, 0.5) is 0 Å². The van der Waals surface area contributed by atoms with E-state index in [1.165, 1.54) is 19.3 Å². The Balaban J connectivity index is 1.92. The van der Waals surface area contributed by atoms with Gasteiger partial charge in [0.05, 0.1) is 12.2 Å². The van der Waals surface area contributed by atoms with E-state index >= 15 is 0 Å². The second-order valence-electron chi connectivity index (χ2n) is 2.59. The summed E-state index contributed by atoms with van der Waals surface area (Å²) in [6.07, 6.45) is 4.66. The van der Waals surface area contributed by atoms with Crippen molar-refractivity contribution in [2.24, 2.45) is 5.73 Å². The lowest BCUT2D eigenvalue weighted by Crippen LogP contribution is -2.09. The van der Waals surface area contributed by atoms with Gasteiger partial charge in [0, 0.05) is 6.54 Å². The van der Waals surface area contributed by atoms with Crippen LogP contribution in [0.3, 0.4) is 0 Å². The minimum absolute atomic E-state index is 0.400. The van der Waals surface area contributed by atoms with Crippen molar-refractivity contribution >= 4 is 0 Å². The van der Waals surface area contributed by atoms with E-state index in [-0.39, 0.29) is 0 Å². The monoisotopic (exact) mass is 129 g/mol. The Morgan fingerprint density at radius 3 is 2.67 bits per heavy atom. The Kier molecular flexibility index (Phi) is 2.49. The van der Waals surface area contributed by atoms with Crippen molar-refractivity contribution in [2.75, 3.05) is 6.54 Å².